The smallest absolute Gasteiger partial charge is 0.280 e. The summed E-state index contributed by atoms with van der Waals surface area (Å²) < 4.78 is 6.37. The van der Waals surface area contributed by atoms with E-state index in [9.17, 15) is 4.79 Å². The van der Waals surface area contributed by atoms with Crippen molar-refractivity contribution < 1.29 is 9.53 Å². The summed E-state index contributed by atoms with van der Waals surface area (Å²) in [4.78, 5) is 12.7. The highest BCUT2D eigenvalue weighted by Crippen LogP contribution is 2.29. The third kappa shape index (κ3) is 3.26. The predicted molar refractivity (Wildman–Crippen MR) is 100 cm³/mol. The number of hydrogen-bond acceptors (Lipinski definition) is 3. The van der Waals surface area contributed by atoms with Crippen molar-refractivity contribution in [2.75, 3.05) is 11.6 Å². The number of anilines is 1. The number of carbonyl (C=O) groups is 1. The molecule has 1 heterocycles. The summed E-state index contributed by atoms with van der Waals surface area (Å²) in [5, 5.41) is 5.82. The molecule has 0 radical (unpaired) electrons. The minimum atomic E-state index is -0.122. The summed E-state index contributed by atoms with van der Waals surface area (Å²) in [5.74, 6) is 0.664. The molecule has 24 heavy (non-hydrogen) atoms. The van der Waals surface area contributed by atoms with Crippen LogP contribution in [0.15, 0.2) is 63.7 Å². The van der Waals surface area contributed by atoms with Crippen LogP contribution in [0.3, 0.4) is 0 Å². The van der Waals surface area contributed by atoms with Crippen LogP contribution in [0, 0.1) is 0 Å². The molecule has 0 atom stereocenters. The molecule has 5 heteroatoms. The highest BCUT2D eigenvalue weighted by Gasteiger charge is 2.28. The number of carbonyl (C=O) groups excluding carboxylic acids is 1. The monoisotopic (exact) mass is 384 g/mol. The average molecular weight is 385 g/mol. The van der Waals surface area contributed by atoms with Gasteiger partial charge < -0.3 is 4.74 Å². The van der Waals surface area contributed by atoms with E-state index in [4.69, 9.17) is 4.74 Å². The van der Waals surface area contributed by atoms with Gasteiger partial charge in [0.15, 0.2) is 0 Å². The Bertz CT molecular complexity index is 829. The number of hydrogen-bond donors (Lipinski definition) is 0. The van der Waals surface area contributed by atoms with E-state index < -0.39 is 0 Å². The van der Waals surface area contributed by atoms with Gasteiger partial charge >= 0.3 is 0 Å². The number of nitrogens with zero attached hydrogens (tertiary/aromatic N) is 2. The molecule has 1 aliphatic rings. The molecule has 0 fully saturated rings. The molecule has 0 N–H and O–H groups in total. The minimum Gasteiger partial charge on any atom is -0.493 e. The fourth-order valence-corrected chi connectivity index (χ4v) is 2.99. The summed E-state index contributed by atoms with van der Waals surface area (Å²) in [6.45, 7) is 4.39. The largest absolute Gasteiger partial charge is 0.493 e. The first-order valence-corrected chi connectivity index (χ1v) is 8.48. The highest BCUT2D eigenvalue weighted by atomic mass is 79.9. The molecule has 4 nitrogen and oxygen atoms in total. The van der Waals surface area contributed by atoms with Gasteiger partial charge in [0.2, 0.25) is 0 Å². The maximum Gasteiger partial charge on any atom is 0.280 e. The van der Waals surface area contributed by atoms with Gasteiger partial charge in [-0.1, -0.05) is 24.3 Å². The maximum absolute atomic E-state index is 12.7. The Balaban J connectivity index is 1.90. The number of amides is 1. The normalized spacial score (nSPS) is 15.8. The van der Waals surface area contributed by atoms with E-state index in [-0.39, 0.29) is 5.91 Å². The van der Waals surface area contributed by atoms with Gasteiger partial charge in [-0.05, 0) is 65.7 Å². The van der Waals surface area contributed by atoms with Gasteiger partial charge in [0, 0.05) is 0 Å². The van der Waals surface area contributed by atoms with E-state index >= 15 is 0 Å². The Kier molecular flexibility index (Phi) is 4.81. The summed E-state index contributed by atoms with van der Waals surface area (Å²) in [6, 6.07) is 15.2. The van der Waals surface area contributed by atoms with Crippen molar-refractivity contribution in [3.8, 4) is 5.75 Å². The Morgan fingerprint density at radius 3 is 2.62 bits per heavy atom. The number of halogens is 1. The molecule has 1 aliphatic heterocycles. The first-order valence-electron chi connectivity index (χ1n) is 7.69. The molecule has 0 saturated carbocycles. The molecule has 122 valence electrons. The van der Waals surface area contributed by atoms with Gasteiger partial charge in [0.25, 0.3) is 5.91 Å². The average Bonchev–Trinajstić information content (AvgIpc) is 2.86. The van der Waals surface area contributed by atoms with Crippen molar-refractivity contribution in [1.29, 1.82) is 0 Å². The summed E-state index contributed by atoms with van der Waals surface area (Å²) >= 11 is 3.50. The number of benzene rings is 2. The zero-order valence-corrected chi connectivity index (χ0v) is 15.1. The molecule has 0 saturated heterocycles. The van der Waals surface area contributed by atoms with Crippen LogP contribution in [0.25, 0.3) is 6.08 Å². The zero-order valence-electron chi connectivity index (χ0n) is 13.5. The SMILES string of the molecule is CCOc1ccc(/C=C2/C(=O)N(c3ccccc3)N=C2C)cc1Br. The van der Waals surface area contributed by atoms with Gasteiger partial charge in [-0.25, -0.2) is 0 Å². The van der Waals surface area contributed by atoms with Gasteiger partial charge in [0.1, 0.15) is 5.75 Å². The van der Waals surface area contributed by atoms with Crippen LogP contribution < -0.4 is 9.75 Å². The second-order valence-corrected chi connectivity index (χ2v) is 6.17. The highest BCUT2D eigenvalue weighted by molar-refractivity contribution is 9.10. The molecular weight excluding hydrogens is 368 g/mol. The Labute approximate surface area is 149 Å². The van der Waals surface area contributed by atoms with Crippen LogP contribution >= 0.6 is 15.9 Å². The number of para-hydroxylation sites is 1. The van der Waals surface area contributed by atoms with Gasteiger partial charge in [-0.15, -0.1) is 0 Å². The van der Waals surface area contributed by atoms with E-state index in [2.05, 4.69) is 21.0 Å². The Morgan fingerprint density at radius 1 is 1.21 bits per heavy atom. The number of hydrazone groups is 1. The molecule has 0 spiro atoms. The molecule has 0 aromatic heterocycles. The molecule has 1 amide bonds. The van der Waals surface area contributed by atoms with Gasteiger partial charge in [0.05, 0.1) is 28.1 Å². The van der Waals surface area contributed by atoms with Crippen molar-refractivity contribution in [3.63, 3.8) is 0 Å². The van der Waals surface area contributed by atoms with Crippen LogP contribution in [-0.4, -0.2) is 18.2 Å². The van der Waals surface area contributed by atoms with E-state index in [1.165, 1.54) is 5.01 Å². The first kappa shape index (κ1) is 16.5. The number of rotatable bonds is 4. The molecule has 2 aromatic carbocycles. The molecule has 2 aromatic rings. The molecular formula is C19H17BrN2O2. The summed E-state index contributed by atoms with van der Waals surface area (Å²) in [5.41, 5.74) is 2.97. The Hall–Kier alpha value is -2.40. The predicted octanol–water partition coefficient (Wildman–Crippen LogP) is 4.65. The lowest BCUT2D eigenvalue weighted by atomic mass is 10.1. The molecule has 3 rings (SSSR count). The van der Waals surface area contributed by atoms with Crippen molar-refractivity contribution in [1.82, 2.24) is 0 Å². The van der Waals surface area contributed by atoms with Crippen LogP contribution in [0.4, 0.5) is 5.69 Å². The lowest BCUT2D eigenvalue weighted by Gasteiger charge is -2.11. The van der Waals surface area contributed by atoms with Gasteiger partial charge in [-0.3, -0.25) is 4.79 Å². The lowest BCUT2D eigenvalue weighted by molar-refractivity contribution is -0.114. The summed E-state index contributed by atoms with van der Waals surface area (Å²) in [7, 11) is 0. The zero-order chi connectivity index (χ0) is 17.1. The first-order chi connectivity index (χ1) is 11.6. The number of ether oxygens (including phenoxy) is 1. The third-order valence-electron chi connectivity index (χ3n) is 3.63. The molecule has 0 bridgehead atoms. The summed E-state index contributed by atoms with van der Waals surface area (Å²) in [6.07, 6.45) is 1.85. The van der Waals surface area contributed by atoms with E-state index in [1.54, 1.807) is 0 Å². The second-order valence-electron chi connectivity index (χ2n) is 5.32. The van der Waals surface area contributed by atoms with Crippen molar-refractivity contribution in [2.45, 2.75) is 13.8 Å². The van der Waals surface area contributed by atoms with Gasteiger partial charge in [-0.2, -0.15) is 10.1 Å². The van der Waals surface area contributed by atoms with E-state index in [1.807, 2.05) is 68.5 Å². The maximum atomic E-state index is 12.7. The van der Waals surface area contributed by atoms with Crippen LogP contribution in [0.2, 0.25) is 0 Å². The molecule has 0 aliphatic carbocycles. The van der Waals surface area contributed by atoms with Crippen molar-refractivity contribution in [2.24, 2.45) is 5.10 Å². The van der Waals surface area contributed by atoms with Crippen LogP contribution in [-0.2, 0) is 4.79 Å². The second kappa shape index (κ2) is 7.01. The quantitative estimate of drug-likeness (QED) is 0.719. The fourth-order valence-electron chi connectivity index (χ4n) is 2.47. The van der Waals surface area contributed by atoms with E-state index in [0.29, 0.717) is 17.9 Å². The lowest BCUT2D eigenvalue weighted by Crippen LogP contribution is -2.21. The standard InChI is InChI=1S/C19H17BrN2O2/c1-3-24-18-10-9-14(12-17(18)20)11-16-13(2)21-22(19(16)23)15-7-5-4-6-8-15/h4-12H,3H2,1-2H3/b16-11+. The fraction of sp³-hybridized carbons (Fsp3) is 0.158. The molecule has 0 unspecified atom stereocenters. The topological polar surface area (TPSA) is 41.9 Å². The van der Waals surface area contributed by atoms with Crippen molar-refractivity contribution in [3.05, 3.63) is 64.1 Å². The van der Waals surface area contributed by atoms with Crippen LogP contribution in [0.1, 0.15) is 19.4 Å². The van der Waals surface area contributed by atoms with Crippen LogP contribution in [0.5, 0.6) is 5.75 Å². The minimum absolute atomic E-state index is 0.122. The van der Waals surface area contributed by atoms with Crippen molar-refractivity contribution >= 4 is 39.3 Å². The third-order valence-corrected chi connectivity index (χ3v) is 4.25. The Morgan fingerprint density at radius 2 is 1.96 bits per heavy atom. The van der Waals surface area contributed by atoms with E-state index in [0.717, 1.165) is 21.5 Å².